The average Bonchev–Trinajstić information content (AvgIpc) is 2.90. The Balaban J connectivity index is 1.81. The summed E-state index contributed by atoms with van der Waals surface area (Å²) in [5.74, 6) is 0.674. The van der Waals surface area contributed by atoms with Gasteiger partial charge in [0.2, 0.25) is 0 Å². The van der Waals surface area contributed by atoms with Crippen molar-refractivity contribution in [3.63, 3.8) is 0 Å². The lowest BCUT2D eigenvalue weighted by molar-refractivity contribution is -0.0979. The van der Waals surface area contributed by atoms with Gasteiger partial charge >= 0.3 is 0 Å². The fraction of sp³-hybridized carbons (Fsp3) is 0.706. The molecule has 110 valence electrons. The maximum Gasteiger partial charge on any atom is 0.0686 e. The SMILES string of the molecule is CNC(c1ccncc1C)C1CCOC2(CCCC2)C1. The normalized spacial score (nSPS) is 26.8. The predicted molar refractivity (Wildman–Crippen MR) is 80.6 cm³/mol. The highest BCUT2D eigenvalue weighted by Gasteiger charge is 2.42. The van der Waals surface area contributed by atoms with Crippen LogP contribution in [0, 0.1) is 12.8 Å². The first-order valence-corrected chi connectivity index (χ1v) is 7.96. The van der Waals surface area contributed by atoms with E-state index in [0.717, 1.165) is 13.0 Å². The van der Waals surface area contributed by atoms with E-state index in [9.17, 15) is 0 Å². The van der Waals surface area contributed by atoms with Crippen molar-refractivity contribution in [3.8, 4) is 0 Å². The van der Waals surface area contributed by atoms with Gasteiger partial charge < -0.3 is 10.1 Å². The Labute approximate surface area is 122 Å². The van der Waals surface area contributed by atoms with Gasteiger partial charge in [-0.1, -0.05) is 12.8 Å². The molecular formula is C17H26N2O. The van der Waals surface area contributed by atoms with Crippen LogP contribution in [0.15, 0.2) is 18.5 Å². The van der Waals surface area contributed by atoms with Crippen LogP contribution < -0.4 is 5.32 Å². The third-order valence-electron chi connectivity index (χ3n) is 5.23. The number of rotatable bonds is 3. The molecule has 3 heteroatoms. The van der Waals surface area contributed by atoms with Gasteiger partial charge in [-0.2, -0.15) is 0 Å². The molecule has 1 N–H and O–H groups in total. The zero-order valence-corrected chi connectivity index (χ0v) is 12.7. The summed E-state index contributed by atoms with van der Waals surface area (Å²) in [7, 11) is 2.08. The summed E-state index contributed by atoms with van der Waals surface area (Å²) >= 11 is 0. The van der Waals surface area contributed by atoms with Crippen LogP contribution in [-0.4, -0.2) is 24.2 Å². The maximum atomic E-state index is 6.18. The minimum absolute atomic E-state index is 0.193. The lowest BCUT2D eigenvalue weighted by Crippen LogP contribution is -2.41. The summed E-state index contributed by atoms with van der Waals surface area (Å²) in [6, 6.07) is 2.60. The number of aromatic nitrogens is 1. The zero-order chi connectivity index (χ0) is 14.0. The van der Waals surface area contributed by atoms with Gasteiger partial charge in [0.25, 0.3) is 0 Å². The standard InChI is InChI=1S/C17H26N2O/c1-13-12-19-9-5-15(13)16(18-2)14-6-10-20-17(11-14)7-3-4-8-17/h5,9,12,14,16,18H,3-4,6-8,10-11H2,1-2H3. The first-order valence-electron chi connectivity index (χ1n) is 7.96. The summed E-state index contributed by atoms with van der Waals surface area (Å²) in [5, 5.41) is 3.55. The van der Waals surface area contributed by atoms with E-state index < -0.39 is 0 Å². The van der Waals surface area contributed by atoms with E-state index >= 15 is 0 Å². The van der Waals surface area contributed by atoms with Crippen molar-refractivity contribution in [2.24, 2.45) is 5.92 Å². The van der Waals surface area contributed by atoms with Crippen LogP contribution in [-0.2, 0) is 4.74 Å². The van der Waals surface area contributed by atoms with Crippen molar-refractivity contribution in [1.82, 2.24) is 10.3 Å². The Hall–Kier alpha value is -0.930. The van der Waals surface area contributed by atoms with E-state index in [1.54, 1.807) is 0 Å². The van der Waals surface area contributed by atoms with E-state index in [1.807, 2.05) is 12.4 Å². The van der Waals surface area contributed by atoms with Gasteiger partial charge in [0.15, 0.2) is 0 Å². The smallest absolute Gasteiger partial charge is 0.0686 e. The van der Waals surface area contributed by atoms with Gasteiger partial charge in [-0.05, 0) is 62.8 Å². The molecule has 1 aliphatic carbocycles. The molecule has 2 atom stereocenters. The third-order valence-corrected chi connectivity index (χ3v) is 5.23. The molecule has 1 saturated heterocycles. The molecule has 0 amide bonds. The monoisotopic (exact) mass is 274 g/mol. The van der Waals surface area contributed by atoms with Crippen LogP contribution in [0.2, 0.25) is 0 Å². The van der Waals surface area contributed by atoms with Crippen molar-refractivity contribution >= 4 is 0 Å². The highest BCUT2D eigenvalue weighted by Crippen LogP contribution is 2.45. The number of ether oxygens (including phenoxy) is 1. The van der Waals surface area contributed by atoms with Gasteiger partial charge in [0.05, 0.1) is 5.60 Å². The Morgan fingerprint density at radius 3 is 2.90 bits per heavy atom. The number of aryl methyl sites for hydroxylation is 1. The van der Waals surface area contributed by atoms with E-state index in [1.165, 1.54) is 43.2 Å². The van der Waals surface area contributed by atoms with Crippen molar-refractivity contribution in [1.29, 1.82) is 0 Å². The molecule has 0 radical (unpaired) electrons. The largest absolute Gasteiger partial charge is 0.375 e. The fourth-order valence-electron chi connectivity index (χ4n) is 4.20. The summed E-state index contributed by atoms with van der Waals surface area (Å²) in [4.78, 5) is 4.23. The molecule has 1 saturated carbocycles. The molecule has 0 aromatic carbocycles. The number of hydrogen-bond acceptors (Lipinski definition) is 3. The van der Waals surface area contributed by atoms with Crippen LogP contribution in [0.5, 0.6) is 0 Å². The molecule has 20 heavy (non-hydrogen) atoms. The van der Waals surface area contributed by atoms with E-state index in [0.29, 0.717) is 12.0 Å². The molecular weight excluding hydrogens is 248 g/mol. The molecule has 2 unspecified atom stereocenters. The Kier molecular flexibility index (Phi) is 4.08. The molecule has 1 aromatic heterocycles. The van der Waals surface area contributed by atoms with E-state index in [4.69, 9.17) is 4.74 Å². The number of nitrogens with zero attached hydrogens (tertiary/aromatic N) is 1. The minimum Gasteiger partial charge on any atom is -0.375 e. The minimum atomic E-state index is 0.193. The van der Waals surface area contributed by atoms with E-state index in [-0.39, 0.29) is 5.60 Å². The van der Waals surface area contributed by atoms with Crippen LogP contribution in [0.4, 0.5) is 0 Å². The number of pyridine rings is 1. The first-order chi connectivity index (χ1) is 9.74. The van der Waals surface area contributed by atoms with Crippen LogP contribution >= 0.6 is 0 Å². The summed E-state index contributed by atoms with van der Waals surface area (Å²) in [5.41, 5.74) is 2.89. The molecule has 2 heterocycles. The van der Waals surface area contributed by atoms with Crippen molar-refractivity contribution in [3.05, 3.63) is 29.6 Å². The molecule has 2 aliphatic rings. The van der Waals surface area contributed by atoms with Crippen molar-refractivity contribution in [2.75, 3.05) is 13.7 Å². The fourth-order valence-corrected chi connectivity index (χ4v) is 4.20. The zero-order valence-electron chi connectivity index (χ0n) is 12.7. The Bertz CT molecular complexity index is 454. The summed E-state index contributed by atoms with van der Waals surface area (Å²) < 4.78 is 6.18. The van der Waals surface area contributed by atoms with Crippen LogP contribution in [0.1, 0.15) is 55.7 Å². The summed E-state index contributed by atoms with van der Waals surface area (Å²) in [6.45, 7) is 3.09. The topological polar surface area (TPSA) is 34.2 Å². The van der Waals surface area contributed by atoms with Crippen LogP contribution in [0.3, 0.4) is 0 Å². The second kappa shape index (κ2) is 5.82. The highest BCUT2D eigenvalue weighted by molar-refractivity contribution is 5.26. The lowest BCUT2D eigenvalue weighted by atomic mass is 9.78. The second-order valence-electron chi connectivity index (χ2n) is 6.49. The molecule has 1 spiro atoms. The number of hydrogen-bond donors (Lipinski definition) is 1. The number of nitrogens with one attached hydrogen (secondary N) is 1. The molecule has 3 rings (SSSR count). The van der Waals surface area contributed by atoms with Gasteiger partial charge in [0, 0.05) is 25.0 Å². The van der Waals surface area contributed by atoms with Crippen molar-refractivity contribution in [2.45, 2.75) is 57.1 Å². The second-order valence-corrected chi connectivity index (χ2v) is 6.49. The van der Waals surface area contributed by atoms with Crippen LogP contribution in [0.25, 0.3) is 0 Å². The van der Waals surface area contributed by atoms with E-state index in [2.05, 4.69) is 30.3 Å². The molecule has 1 aliphatic heterocycles. The summed E-state index contributed by atoms with van der Waals surface area (Å²) in [6.07, 6.45) is 11.5. The van der Waals surface area contributed by atoms with Crippen molar-refractivity contribution < 1.29 is 4.74 Å². The van der Waals surface area contributed by atoms with Gasteiger partial charge in [-0.15, -0.1) is 0 Å². The Morgan fingerprint density at radius 1 is 1.40 bits per heavy atom. The maximum absolute atomic E-state index is 6.18. The lowest BCUT2D eigenvalue weighted by Gasteiger charge is -2.41. The van der Waals surface area contributed by atoms with Gasteiger partial charge in [-0.3, -0.25) is 4.98 Å². The Morgan fingerprint density at radius 2 is 2.20 bits per heavy atom. The highest BCUT2D eigenvalue weighted by atomic mass is 16.5. The first kappa shape index (κ1) is 14.0. The molecule has 2 fully saturated rings. The predicted octanol–water partition coefficient (Wildman–Crippen LogP) is 3.39. The quantitative estimate of drug-likeness (QED) is 0.917. The molecule has 0 bridgehead atoms. The third kappa shape index (κ3) is 2.61. The molecule has 3 nitrogen and oxygen atoms in total. The van der Waals surface area contributed by atoms with Gasteiger partial charge in [-0.25, -0.2) is 0 Å². The molecule has 1 aromatic rings. The van der Waals surface area contributed by atoms with Gasteiger partial charge in [0.1, 0.15) is 0 Å². The average molecular weight is 274 g/mol.